The first kappa shape index (κ1) is 15.0. The van der Waals surface area contributed by atoms with Crippen LogP contribution in [-0.2, 0) is 0 Å². The number of halogens is 1. The van der Waals surface area contributed by atoms with Gasteiger partial charge in [-0.3, -0.25) is 4.79 Å². The summed E-state index contributed by atoms with van der Waals surface area (Å²) in [7, 11) is 0. The van der Waals surface area contributed by atoms with Gasteiger partial charge in [-0.1, -0.05) is 31.5 Å². The molecule has 0 aromatic heterocycles. The minimum absolute atomic E-state index is 0.107. The second-order valence-electron chi connectivity index (χ2n) is 4.60. The van der Waals surface area contributed by atoms with E-state index in [9.17, 15) is 4.79 Å². The minimum Gasteiger partial charge on any atom is -0.345 e. The van der Waals surface area contributed by atoms with Crippen LogP contribution in [0.5, 0.6) is 0 Å². The first-order chi connectivity index (χ1) is 8.48. The Labute approximate surface area is 114 Å². The Balaban J connectivity index is 2.97. The van der Waals surface area contributed by atoms with E-state index in [2.05, 4.69) is 5.32 Å². The molecule has 1 aromatic rings. The summed E-state index contributed by atoms with van der Waals surface area (Å²) >= 11 is 5.93. The number of amides is 1. The maximum absolute atomic E-state index is 12.3. The molecule has 3 N–H and O–H groups in total. The van der Waals surface area contributed by atoms with Gasteiger partial charge in [0.1, 0.15) is 0 Å². The fourth-order valence-corrected chi connectivity index (χ4v) is 2.09. The van der Waals surface area contributed by atoms with Gasteiger partial charge in [-0.15, -0.1) is 0 Å². The van der Waals surface area contributed by atoms with E-state index in [0.29, 0.717) is 17.1 Å². The summed E-state index contributed by atoms with van der Waals surface area (Å²) in [5.74, 6) is -0.107. The maximum atomic E-state index is 12.3. The molecule has 0 radical (unpaired) electrons. The zero-order chi connectivity index (χ0) is 13.8. The summed E-state index contributed by atoms with van der Waals surface area (Å²) in [6, 6.07) is 5.32. The van der Waals surface area contributed by atoms with E-state index in [0.717, 1.165) is 18.4 Å². The largest absolute Gasteiger partial charge is 0.345 e. The van der Waals surface area contributed by atoms with Gasteiger partial charge >= 0.3 is 0 Å². The smallest absolute Gasteiger partial charge is 0.252 e. The maximum Gasteiger partial charge on any atom is 0.252 e. The second-order valence-corrected chi connectivity index (χ2v) is 5.04. The Morgan fingerprint density at radius 2 is 2.00 bits per heavy atom. The van der Waals surface area contributed by atoms with Gasteiger partial charge in [0.2, 0.25) is 0 Å². The number of hydrogen-bond donors (Lipinski definition) is 2. The van der Waals surface area contributed by atoms with E-state index in [4.69, 9.17) is 17.3 Å². The summed E-state index contributed by atoms with van der Waals surface area (Å²) in [6.45, 7) is 6.39. The van der Waals surface area contributed by atoms with Crippen LogP contribution in [0.1, 0.15) is 42.6 Å². The highest BCUT2D eigenvalue weighted by atomic mass is 35.5. The number of carbonyl (C=O) groups excluding carboxylic acids is 1. The molecule has 3 nitrogen and oxygen atoms in total. The summed E-state index contributed by atoms with van der Waals surface area (Å²) in [6.07, 6.45) is 1.62. The van der Waals surface area contributed by atoms with E-state index >= 15 is 0 Å². The van der Waals surface area contributed by atoms with Crippen LogP contribution in [0.25, 0.3) is 0 Å². The van der Waals surface area contributed by atoms with Crippen molar-refractivity contribution in [3.05, 3.63) is 34.3 Å². The van der Waals surface area contributed by atoms with E-state index < -0.39 is 0 Å². The molecule has 0 bridgehead atoms. The summed E-state index contributed by atoms with van der Waals surface area (Å²) in [4.78, 5) is 12.3. The number of benzene rings is 1. The first-order valence-electron chi connectivity index (χ1n) is 6.26. The molecule has 100 valence electrons. The predicted molar refractivity (Wildman–Crippen MR) is 76.0 cm³/mol. The van der Waals surface area contributed by atoms with Crippen LogP contribution in [0.2, 0.25) is 5.02 Å². The Bertz CT molecular complexity index is 420. The lowest BCUT2D eigenvalue weighted by Crippen LogP contribution is -2.53. The van der Waals surface area contributed by atoms with Gasteiger partial charge in [0, 0.05) is 17.1 Å². The van der Waals surface area contributed by atoms with Gasteiger partial charge < -0.3 is 11.1 Å². The fraction of sp³-hybridized carbons (Fsp3) is 0.500. The van der Waals surface area contributed by atoms with Crippen LogP contribution in [0.3, 0.4) is 0 Å². The lowest BCUT2D eigenvalue weighted by Gasteiger charge is -2.31. The van der Waals surface area contributed by atoms with E-state index in [-0.39, 0.29) is 11.4 Å². The van der Waals surface area contributed by atoms with Gasteiger partial charge in [0.05, 0.1) is 5.54 Å². The standard InChI is InChI=1S/C14H21ClN2O/c1-4-14(5-2,9-16)17-13(18)12-8-11(15)7-6-10(12)3/h6-8H,4-5,9,16H2,1-3H3,(H,17,18). The predicted octanol–water partition coefficient (Wildman–Crippen LogP) is 2.90. The lowest BCUT2D eigenvalue weighted by molar-refractivity contribution is 0.0894. The third-order valence-corrected chi connectivity index (χ3v) is 3.80. The Kier molecular flexibility index (Phi) is 5.17. The average molecular weight is 269 g/mol. The molecule has 0 saturated carbocycles. The molecule has 1 amide bonds. The Morgan fingerprint density at radius 1 is 1.39 bits per heavy atom. The molecule has 0 unspecified atom stereocenters. The summed E-state index contributed by atoms with van der Waals surface area (Å²) < 4.78 is 0. The highest BCUT2D eigenvalue weighted by Gasteiger charge is 2.27. The molecular weight excluding hydrogens is 248 g/mol. The van der Waals surface area contributed by atoms with Crippen LogP contribution < -0.4 is 11.1 Å². The molecule has 0 fully saturated rings. The van der Waals surface area contributed by atoms with Crippen LogP contribution in [0.15, 0.2) is 18.2 Å². The molecule has 1 aromatic carbocycles. The Morgan fingerprint density at radius 3 is 2.50 bits per heavy atom. The third kappa shape index (κ3) is 3.24. The third-order valence-electron chi connectivity index (χ3n) is 3.57. The van der Waals surface area contributed by atoms with Crippen molar-refractivity contribution >= 4 is 17.5 Å². The van der Waals surface area contributed by atoms with Gasteiger partial charge in [-0.05, 0) is 37.5 Å². The van der Waals surface area contributed by atoms with E-state index in [1.54, 1.807) is 12.1 Å². The minimum atomic E-state index is -0.328. The molecule has 4 heteroatoms. The quantitative estimate of drug-likeness (QED) is 0.863. The molecule has 0 aliphatic heterocycles. The number of nitrogens with one attached hydrogen (secondary N) is 1. The van der Waals surface area contributed by atoms with Crippen molar-refractivity contribution in [2.75, 3.05) is 6.54 Å². The van der Waals surface area contributed by atoms with Crippen LogP contribution in [0.4, 0.5) is 0 Å². The number of nitrogens with two attached hydrogens (primary N) is 1. The van der Waals surface area contributed by atoms with Crippen LogP contribution >= 0.6 is 11.6 Å². The van der Waals surface area contributed by atoms with Gasteiger partial charge in [0.25, 0.3) is 5.91 Å². The molecular formula is C14H21ClN2O. The van der Waals surface area contributed by atoms with Gasteiger partial charge in [-0.25, -0.2) is 0 Å². The van der Waals surface area contributed by atoms with Crippen molar-refractivity contribution in [3.8, 4) is 0 Å². The molecule has 0 aliphatic carbocycles. The second kappa shape index (κ2) is 6.21. The van der Waals surface area contributed by atoms with Crippen molar-refractivity contribution in [1.82, 2.24) is 5.32 Å². The number of rotatable bonds is 5. The zero-order valence-corrected chi connectivity index (χ0v) is 12.0. The number of hydrogen-bond acceptors (Lipinski definition) is 2. The topological polar surface area (TPSA) is 55.1 Å². The van der Waals surface area contributed by atoms with E-state index in [1.165, 1.54) is 0 Å². The van der Waals surface area contributed by atoms with Crippen molar-refractivity contribution < 1.29 is 4.79 Å². The molecule has 0 saturated heterocycles. The van der Waals surface area contributed by atoms with Gasteiger partial charge in [-0.2, -0.15) is 0 Å². The van der Waals surface area contributed by atoms with Crippen molar-refractivity contribution in [2.45, 2.75) is 39.2 Å². The van der Waals surface area contributed by atoms with Crippen molar-refractivity contribution in [1.29, 1.82) is 0 Å². The molecule has 0 heterocycles. The van der Waals surface area contributed by atoms with Gasteiger partial charge in [0.15, 0.2) is 0 Å². The molecule has 18 heavy (non-hydrogen) atoms. The highest BCUT2D eigenvalue weighted by molar-refractivity contribution is 6.31. The Hall–Kier alpha value is -1.06. The molecule has 0 spiro atoms. The average Bonchev–Trinajstić information content (AvgIpc) is 2.38. The van der Waals surface area contributed by atoms with Crippen LogP contribution in [-0.4, -0.2) is 18.0 Å². The SMILES string of the molecule is CCC(CC)(CN)NC(=O)c1cc(Cl)ccc1C. The monoisotopic (exact) mass is 268 g/mol. The van der Waals surface area contributed by atoms with Crippen molar-refractivity contribution in [3.63, 3.8) is 0 Å². The highest BCUT2D eigenvalue weighted by Crippen LogP contribution is 2.18. The summed E-state index contributed by atoms with van der Waals surface area (Å²) in [5, 5.41) is 3.61. The fourth-order valence-electron chi connectivity index (χ4n) is 1.91. The first-order valence-corrected chi connectivity index (χ1v) is 6.64. The molecule has 1 rings (SSSR count). The van der Waals surface area contributed by atoms with Crippen LogP contribution in [0, 0.1) is 6.92 Å². The zero-order valence-electron chi connectivity index (χ0n) is 11.2. The summed E-state index contributed by atoms with van der Waals surface area (Å²) in [5.41, 5.74) is 6.98. The number of carbonyl (C=O) groups is 1. The van der Waals surface area contributed by atoms with Crippen molar-refractivity contribution in [2.24, 2.45) is 5.73 Å². The van der Waals surface area contributed by atoms with E-state index in [1.807, 2.05) is 26.8 Å². The number of aryl methyl sites for hydroxylation is 1. The molecule has 0 aliphatic rings. The normalized spacial score (nSPS) is 11.4. The molecule has 0 atom stereocenters. The lowest BCUT2D eigenvalue weighted by atomic mass is 9.92.